The van der Waals surface area contributed by atoms with Crippen LogP contribution in [0.3, 0.4) is 0 Å². The Morgan fingerprint density at radius 3 is 1.35 bits per heavy atom. The number of aliphatic hydroxyl groups is 5. The first kappa shape index (κ1) is 114. The van der Waals surface area contributed by atoms with E-state index in [-0.39, 0.29) is 114 Å². The smallest absolute Gasteiger partial charge is 0.421 e. The van der Waals surface area contributed by atoms with Crippen LogP contribution in [0, 0.1) is 85.5 Å². The molecule has 0 radical (unpaired) electrons. The molecule has 10 heterocycles. The standard InChI is InChI=1S/C23H24N6O.C22H28F6N5O.C21H25F2N5O2.2C21H28N6O/c24-13-18-15-27-23(29-22(18)28-19-8-10-20(30)11-9-19)26-14-17-7-4-12-25-21(17)16-5-2-1-3-6-16;1-12-7-15(21(23,24)25)13(11-33(12)4)9-29-19-30-10-16(22(26,27)28)18(32-19)31-14-5-6-17(34)20(2,3)8-14;1-20(2)15(12-29)8-17(20)26-19-14(9-24)10-25-18(27-19)5-4-13-11-28(30)7-6-16(13)21(3,22)23;1-13(2)18-14(6-5-7-23-18)10-24-20-25-11-15(9-22)19(27-20)26-17-8-16(12-28)21(17,3)4;1-14(2)18-15(5-4-10-23-18)12-24-20-25-13-16(11-22)19(27-20)26-17-6-8-21(3,28)9-7-17/h1-7,12,15,19-20,30H,8-11,14H2,(H2,26,27,28,29);7,10-11,14,17,34H,5-6,8-9H2,1-4H3,(H2,29,30,31,32);6-7,10-11,15,17,29H,4-5,8,12H2,1-3H3,(H,25,26,27);5-7,11,13,16-17,28H,8,10,12H2,1-4H3,(H2,24,25,26,27);4-5,10,13-14,17,28H,6-9,12H2,1-3H3,(H2,24,25,26,27)/q;+1;;;/t;14-,17+;15-,17-;16-,17-;/m.111./s1. The van der Waals surface area contributed by atoms with Gasteiger partial charge in [0, 0.05) is 160 Å². The molecule has 5 saturated carbocycles. The molecule has 0 amide bonds. The van der Waals surface area contributed by atoms with Gasteiger partial charge in [-0.1, -0.05) is 118 Å². The predicted octanol–water partition coefficient (Wildman–Crippen LogP) is 17.9. The van der Waals surface area contributed by atoms with E-state index in [0.29, 0.717) is 137 Å². The molecule has 5 aliphatic rings. The molecule has 1 aromatic carbocycles. The molecule has 0 bridgehead atoms. The number of aromatic nitrogens is 15. The van der Waals surface area contributed by atoms with Crippen molar-refractivity contribution in [3.8, 4) is 35.5 Å². The van der Waals surface area contributed by atoms with Gasteiger partial charge in [-0.15, -0.1) is 0 Å². The maximum atomic E-state index is 13.9. The van der Waals surface area contributed by atoms with E-state index >= 15 is 0 Å². The Morgan fingerprint density at radius 1 is 0.467 bits per heavy atom. The number of hydrogen-bond donors (Lipinski definition) is 14. The van der Waals surface area contributed by atoms with Crippen molar-refractivity contribution in [2.45, 2.75) is 291 Å². The van der Waals surface area contributed by atoms with Crippen LogP contribution in [0.4, 0.5) is 88.0 Å². The number of aryl methyl sites for hydroxylation is 4. The van der Waals surface area contributed by atoms with E-state index in [9.17, 15) is 86.9 Å². The highest BCUT2D eigenvalue weighted by molar-refractivity contribution is 5.64. The molecule has 0 aliphatic heterocycles. The Balaban J connectivity index is 0.000000166. The molecular formula is C108H133F8N28O6+. The van der Waals surface area contributed by atoms with Crippen molar-refractivity contribution < 1.29 is 70.0 Å². The van der Waals surface area contributed by atoms with E-state index in [1.807, 2.05) is 101 Å². The zero-order valence-corrected chi connectivity index (χ0v) is 86.7. The van der Waals surface area contributed by atoms with Crippen LogP contribution in [0.1, 0.15) is 268 Å². The fourth-order valence-corrected chi connectivity index (χ4v) is 18.9. The number of benzene rings is 1. The van der Waals surface area contributed by atoms with E-state index in [4.69, 9.17) is 0 Å². The Kier molecular flexibility index (Phi) is 38.3. The van der Waals surface area contributed by atoms with Crippen molar-refractivity contribution >= 4 is 52.9 Å². The van der Waals surface area contributed by atoms with Crippen LogP contribution in [0.5, 0.6) is 0 Å². The normalized spacial score (nSPS) is 20.3. The number of pyridine rings is 5. The number of halogens is 8. The van der Waals surface area contributed by atoms with Crippen LogP contribution in [0.25, 0.3) is 11.3 Å². The molecule has 796 valence electrons. The second kappa shape index (κ2) is 50.3. The number of anilines is 9. The molecule has 42 heteroatoms. The van der Waals surface area contributed by atoms with Crippen LogP contribution in [-0.4, -0.2) is 152 Å². The number of aliphatic hydroxyl groups excluding tert-OH is 4. The summed E-state index contributed by atoms with van der Waals surface area (Å²) in [6, 6.07) is 32.8. The summed E-state index contributed by atoms with van der Waals surface area (Å²) >= 11 is 0. The van der Waals surface area contributed by atoms with Crippen LogP contribution in [-0.2, 0) is 64.3 Å². The summed E-state index contributed by atoms with van der Waals surface area (Å²) in [7, 11) is 1.60. The van der Waals surface area contributed by atoms with Crippen molar-refractivity contribution in [2.24, 2.45) is 35.1 Å². The van der Waals surface area contributed by atoms with Crippen LogP contribution in [0.15, 0.2) is 147 Å². The molecule has 5 aliphatic carbocycles. The molecule has 11 aromatic rings. The molecule has 16 rings (SSSR count). The number of nitrogens with zero attached hydrogens (tertiary/aromatic N) is 19. The van der Waals surface area contributed by atoms with E-state index in [0.717, 1.165) is 135 Å². The van der Waals surface area contributed by atoms with E-state index in [2.05, 4.69) is 178 Å². The summed E-state index contributed by atoms with van der Waals surface area (Å²) < 4.78 is 111. The van der Waals surface area contributed by atoms with Gasteiger partial charge in [0.15, 0.2) is 24.3 Å². The topological polar surface area (TPSA) is 503 Å². The fraction of sp³-hybridized carbons (Fsp3) is 0.491. The Hall–Kier alpha value is -14.4. The highest BCUT2D eigenvalue weighted by Crippen LogP contribution is 2.50. The lowest BCUT2D eigenvalue weighted by Crippen LogP contribution is -2.54. The average molecular weight is 2070 g/mol. The zero-order valence-electron chi connectivity index (χ0n) is 86.7. The number of alkyl halides is 8. The third-order valence-corrected chi connectivity index (χ3v) is 28.7. The van der Waals surface area contributed by atoms with E-state index in [1.165, 1.54) is 30.1 Å². The van der Waals surface area contributed by atoms with Crippen molar-refractivity contribution in [1.82, 2.24) is 64.8 Å². The van der Waals surface area contributed by atoms with Gasteiger partial charge in [0.05, 0.1) is 53.9 Å². The number of hydrogen-bond acceptors (Lipinski definition) is 32. The first-order valence-corrected chi connectivity index (χ1v) is 50.2. The van der Waals surface area contributed by atoms with Gasteiger partial charge in [0.25, 0.3) is 5.92 Å². The first-order chi connectivity index (χ1) is 71.1. The zero-order chi connectivity index (χ0) is 109. The van der Waals surface area contributed by atoms with Gasteiger partial charge in [0.2, 0.25) is 23.8 Å². The second-order valence-corrected chi connectivity index (χ2v) is 41.6. The summed E-state index contributed by atoms with van der Waals surface area (Å²) in [5.74, 6) is 1.13. The maximum absolute atomic E-state index is 13.9. The summed E-state index contributed by atoms with van der Waals surface area (Å²) in [6.45, 7) is 26.3. The van der Waals surface area contributed by atoms with Gasteiger partial charge in [-0.2, -0.15) is 72.1 Å². The third kappa shape index (κ3) is 30.5. The Bertz CT molecular complexity index is 6570. The van der Waals surface area contributed by atoms with Gasteiger partial charge in [-0.25, -0.2) is 43.3 Å². The Labute approximate surface area is 868 Å². The molecule has 0 saturated heterocycles. The van der Waals surface area contributed by atoms with Crippen LogP contribution < -0.4 is 57.1 Å². The van der Waals surface area contributed by atoms with Gasteiger partial charge in [-0.3, -0.25) is 15.0 Å². The summed E-state index contributed by atoms with van der Waals surface area (Å²) in [6.07, 6.45) is 15.2. The van der Waals surface area contributed by atoms with Gasteiger partial charge in [-0.05, 0) is 172 Å². The molecule has 6 atom stereocenters. The summed E-state index contributed by atoms with van der Waals surface area (Å²) in [5.41, 5.74) is 5.99. The first-order valence-electron chi connectivity index (χ1n) is 50.2. The quantitative estimate of drug-likeness (QED) is 0.0109. The number of nitrogens with one attached hydrogen (secondary N) is 9. The minimum Gasteiger partial charge on any atom is -0.619 e. The van der Waals surface area contributed by atoms with E-state index < -0.39 is 52.3 Å². The molecule has 10 aromatic heterocycles. The minimum atomic E-state index is -4.72. The molecular weight excluding hydrogens is 1940 g/mol. The van der Waals surface area contributed by atoms with E-state index in [1.54, 1.807) is 38.0 Å². The molecule has 34 nitrogen and oxygen atoms in total. The minimum absolute atomic E-state index is 0.0448. The largest absolute Gasteiger partial charge is 0.619 e. The second-order valence-electron chi connectivity index (χ2n) is 41.6. The lowest BCUT2D eigenvalue weighted by molar-refractivity contribution is -0.678. The number of nitriles is 4. The van der Waals surface area contributed by atoms with Crippen molar-refractivity contribution in [2.75, 3.05) is 61.1 Å². The van der Waals surface area contributed by atoms with Gasteiger partial charge >= 0.3 is 12.4 Å². The fourth-order valence-electron chi connectivity index (χ4n) is 18.9. The molecule has 14 N–H and O–H groups in total. The summed E-state index contributed by atoms with van der Waals surface area (Å²) in [5, 5.41) is 127. The van der Waals surface area contributed by atoms with Crippen molar-refractivity contribution in [3.63, 3.8) is 0 Å². The van der Waals surface area contributed by atoms with Gasteiger partial charge in [0.1, 0.15) is 94.1 Å². The average Bonchev–Trinajstić information content (AvgIpc) is 0.762. The SMILES string of the molecule is CC(C)c1ncccc1CNc1ncc(C#N)c(NC2CCC(C)(O)CC2)n1.CC(C)c1ncccc1CNc1ncc(C#N)c(N[C@@H]2C[C@H](CO)C2(C)C)n1.CC(F)(F)c1cc[n+]([O-])cc1CCc1ncc(C#N)c(N[C@@H]2C[C@H](CO)C2(C)C)n1.Cc1cc(C(F)(F)F)c(CNc2ncc(C(F)(F)F)c(N[C@@H]3CC[C@H](O)C(C)(C)C3)n2)c[n+]1C.N#Cc1cnc(NCc2cccnc2-c2ccccc2)nc1NC1CCC(O)CC1. The Morgan fingerprint density at radius 2 is 0.893 bits per heavy atom. The molecule has 5 fully saturated rings. The predicted molar refractivity (Wildman–Crippen MR) is 552 cm³/mol. The van der Waals surface area contributed by atoms with Crippen LogP contribution in [0.2, 0.25) is 0 Å². The molecule has 0 spiro atoms. The lowest BCUT2D eigenvalue weighted by atomic mass is 9.59. The highest BCUT2D eigenvalue weighted by Gasteiger charge is 2.50. The monoisotopic (exact) mass is 2070 g/mol. The summed E-state index contributed by atoms with van der Waals surface area (Å²) in [4.78, 5) is 56.1. The van der Waals surface area contributed by atoms with Crippen LogP contribution >= 0.6 is 0 Å². The maximum Gasteiger partial charge on any atom is 0.421 e. The van der Waals surface area contributed by atoms with Crippen molar-refractivity contribution in [1.29, 1.82) is 21.0 Å². The number of rotatable bonds is 31. The van der Waals surface area contributed by atoms with Crippen molar-refractivity contribution in [3.05, 3.63) is 242 Å². The highest BCUT2D eigenvalue weighted by atomic mass is 19.4. The van der Waals surface area contributed by atoms with Gasteiger partial charge < -0.3 is 78.6 Å². The molecule has 150 heavy (non-hydrogen) atoms. The molecule has 0 unspecified atom stereocenters. The lowest BCUT2D eigenvalue weighted by Gasteiger charge is -2.52. The third-order valence-electron chi connectivity index (χ3n) is 28.7.